The Hall–Kier alpha value is -3.57. The fourth-order valence-electron chi connectivity index (χ4n) is 4.08. The first-order valence-corrected chi connectivity index (χ1v) is 14.4. The quantitative estimate of drug-likeness (QED) is 0.216. The number of nitrogens with zero attached hydrogens (tertiary/aromatic N) is 1. The fraction of sp³-hybridized carbons (Fsp3) is 0.484. The predicted octanol–water partition coefficient (Wildman–Crippen LogP) is 3.44. The molecule has 10 nitrogen and oxygen atoms in total. The summed E-state index contributed by atoms with van der Waals surface area (Å²) >= 11 is 4.25. The minimum absolute atomic E-state index is 0.0995. The number of alkyl carbamates (subject to hydrolysis) is 1. The summed E-state index contributed by atoms with van der Waals surface area (Å²) in [5, 5.41) is 15.2. The van der Waals surface area contributed by atoms with Crippen LogP contribution in [0.4, 0.5) is 4.79 Å². The van der Waals surface area contributed by atoms with Gasteiger partial charge in [-0.3, -0.25) is 9.59 Å². The summed E-state index contributed by atoms with van der Waals surface area (Å²) in [6.45, 7) is 9.56. The lowest BCUT2D eigenvalue weighted by Gasteiger charge is -2.34. The number of carbonyl (C=O) groups excluding carboxylic acids is 4. The minimum Gasteiger partial charge on any atom is -0.458 e. The number of aliphatic hydroxyl groups is 1. The van der Waals surface area contributed by atoms with E-state index in [1.807, 2.05) is 30.3 Å². The van der Waals surface area contributed by atoms with Crippen LogP contribution in [-0.4, -0.2) is 76.1 Å². The molecule has 0 heterocycles. The zero-order chi connectivity index (χ0) is 31.5. The van der Waals surface area contributed by atoms with Crippen LogP contribution in [-0.2, 0) is 30.3 Å². The Morgan fingerprint density at radius 3 is 1.88 bits per heavy atom. The van der Waals surface area contributed by atoms with Crippen molar-refractivity contribution in [2.45, 2.75) is 77.3 Å². The van der Waals surface area contributed by atoms with E-state index in [2.05, 4.69) is 23.3 Å². The Bertz CT molecular complexity index is 1180. The first-order valence-electron chi connectivity index (χ1n) is 13.8. The third kappa shape index (κ3) is 11.4. The number of rotatable bonds is 12. The third-order valence-electron chi connectivity index (χ3n) is 5.76. The summed E-state index contributed by atoms with van der Waals surface area (Å²) < 4.78 is 10.9. The molecule has 0 bridgehead atoms. The second-order valence-electron chi connectivity index (χ2n) is 11.7. The molecule has 3 unspecified atom stereocenters. The highest BCUT2D eigenvalue weighted by Gasteiger charge is 2.37. The lowest BCUT2D eigenvalue weighted by Crippen LogP contribution is -2.56. The average Bonchev–Trinajstić information content (AvgIpc) is 2.90. The predicted molar refractivity (Wildman–Crippen MR) is 163 cm³/mol. The molecule has 0 saturated heterocycles. The van der Waals surface area contributed by atoms with Crippen LogP contribution in [0.2, 0.25) is 0 Å². The molecule has 0 spiro atoms. The molecular formula is C31H43N3O7S. The van der Waals surface area contributed by atoms with Crippen LogP contribution in [0.1, 0.15) is 58.7 Å². The van der Waals surface area contributed by atoms with Gasteiger partial charge in [0.25, 0.3) is 0 Å². The van der Waals surface area contributed by atoms with Crippen molar-refractivity contribution in [2.75, 3.05) is 18.9 Å². The standard InChI is InChI=1S/C31H43N3O7S/c1-30(2,3)40-28(38)23(19-21-13-9-7-10-14-21)32-26(36)25(22-15-11-8-12-16-22)34(17-18-35)27(37)24(20-42)33-29(39)41-31(4,5)6/h7-16,23-25,35,42H,17-20H2,1-6H3,(H,32,36)(H,33,39). The van der Waals surface area contributed by atoms with Crippen LogP contribution >= 0.6 is 12.6 Å². The van der Waals surface area contributed by atoms with Gasteiger partial charge >= 0.3 is 12.1 Å². The van der Waals surface area contributed by atoms with Crippen molar-refractivity contribution in [3.8, 4) is 0 Å². The smallest absolute Gasteiger partial charge is 0.408 e. The number of aliphatic hydroxyl groups excluding tert-OH is 1. The summed E-state index contributed by atoms with van der Waals surface area (Å²) in [5.74, 6) is -2.06. The summed E-state index contributed by atoms with van der Waals surface area (Å²) in [6.07, 6.45) is -0.677. The highest BCUT2D eigenvalue weighted by Crippen LogP contribution is 2.23. The Kier molecular flexibility index (Phi) is 12.9. The summed E-state index contributed by atoms with van der Waals surface area (Å²) in [5.41, 5.74) is -0.373. The zero-order valence-electron chi connectivity index (χ0n) is 25.1. The van der Waals surface area contributed by atoms with Crippen molar-refractivity contribution in [1.29, 1.82) is 0 Å². The topological polar surface area (TPSA) is 134 Å². The van der Waals surface area contributed by atoms with Crippen LogP contribution in [0.15, 0.2) is 60.7 Å². The molecule has 0 aliphatic rings. The van der Waals surface area contributed by atoms with Gasteiger partial charge in [-0.15, -0.1) is 0 Å². The van der Waals surface area contributed by atoms with Gasteiger partial charge in [0, 0.05) is 18.7 Å². The van der Waals surface area contributed by atoms with Gasteiger partial charge in [0.15, 0.2) is 0 Å². The van der Waals surface area contributed by atoms with Crippen molar-refractivity contribution in [3.63, 3.8) is 0 Å². The molecule has 2 rings (SSSR count). The number of benzene rings is 2. The number of carbonyl (C=O) groups is 4. The van der Waals surface area contributed by atoms with Crippen LogP contribution in [0.25, 0.3) is 0 Å². The lowest BCUT2D eigenvalue weighted by molar-refractivity contribution is -0.159. The molecule has 0 aliphatic carbocycles. The molecule has 230 valence electrons. The zero-order valence-corrected chi connectivity index (χ0v) is 26.0. The Labute approximate surface area is 253 Å². The number of amides is 3. The monoisotopic (exact) mass is 601 g/mol. The number of hydrogen-bond acceptors (Lipinski definition) is 8. The Morgan fingerprint density at radius 1 is 0.833 bits per heavy atom. The van der Waals surface area contributed by atoms with Gasteiger partial charge in [0.05, 0.1) is 6.61 Å². The van der Waals surface area contributed by atoms with Crippen molar-refractivity contribution >= 4 is 36.5 Å². The third-order valence-corrected chi connectivity index (χ3v) is 6.13. The molecule has 3 atom stereocenters. The van der Waals surface area contributed by atoms with E-state index in [4.69, 9.17) is 9.47 Å². The normalized spacial score (nSPS) is 13.7. The number of esters is 1. The van der Waals surface area contributed by atoms with E-state index in [1.54, 1.807) is 71.9 Å². The first kappa shape index (κ1) is 34.6. The summed E-state index contributed by atoms with van der Waals surface area (Å²) in [7, 11) is 0. The van der Waals surface area contributed by atoms with Gasteiger partial charge in [-0.05, 0) is 52.7 Å². The first-order chi connectivity index (χ1) is 19.6. The van der Waals surface area contributed by atoms with Gasteiger partial charge in [-0.25, -0.2) is 9.59 Å². The van der Waals surface area contributed by atoms with Crippen LogP contribution in [0.3, 0.4) is 0 Å². The van der Waals surface area contributed by atoms with E-state index in [9.17, 15) is 24.3 Å². The molecule has 0 fully saturated rings. The van der Waals surface area contributed by atoms with Crippen molar-refractivity contribution < 1.29 is 33.8 Å². The second-order valence-corrected chi connectivity index (χ2v) is 12.1. The number of hydrogen-bond donors (Lipinski definition) is 4. The molecule has 0 aliphatic heterocycles. The molecule has 2 aromatic carbocycles. The summed E-state index contributed by atoms with van der Waals surface area (Å²) in [6, 6.07) is 14.2. The van der Waals surface area contributed by atoms with Crippen LogP contribution in [0.5, 0.6) is 0 Å². The maximum atomic E-state index is 14.0. The molecule has 42 heavy (non-hydrogen) atoms. The average molecular weight is 602 g/mol. The van der Waals surface area contributed by atoms with Crippen molar-refractivity contribution in [2.24, 2.45) is 0 Å². The highest BCUT2D eigenvalue weighted by atomic mass is 32.1. The van der Waals surface area contributed by atoms with Gasteiger partial charge in [-0.1, -0.05) is 60.7 Å². The number of thiol groups is 1. The maximum absolute atomic E-state index is 14.0. The number of nitrogens with one attached hydrogen (secondary N) is 2. The Morgan fingerprint density at radius 2 is 1.38 bits per heavy atom. The lowest BCUT2D eigenvalue weighted by atomic mass is 10.0. The minimum atomic E-state index is -1.26. The van der Waals surface area contributed by atoms with E-state index in [-0.39, 0.29) is 18.7 Å². The van der Waals surface area contributed by atoms with E-state index in [0.29, 0.717) is 5.56 Å². The van der Waals surface area contributed by atoms with Gasteiger partial charge in [-0.2, -0.15) is 12.6 Å². The van der Waals surface area contributed by atoms with Crippen LogP contribution < -0.4 is 10.6 Å². The molecule has 0 aromatic heterocycles. The second kappa shape index (κ2) is 15.6. The van der Waals surface area contributed by atoms with Gasteiger partial charge in [0.2, 0.25) is 11.8 Å². The Balaban J connectivity index is 2.47. The van der Waals surface area contributed by atoms with E-state index in [0.717, 1.165) is 10.5 Å². The highest BCUT2D eigenvalue weighted by molar-refractivity contribution is 7.80. The molecule has 2 aromatic rings. The van der Waals surface area contributed by atoms with Gasteiger partial charge in [0.1, 0.15) is 29.3 Å². The molecule has 3 amide bonds. The van der Waals surface area contributed by atoms with E-state index in [1.165, 1.54) is 0 Å². The molecular weight excluding hydrogens is 558 g/mol. The SMILES string of the molecule is CC(C)(C)OC(=O)NC(CS)C(=O)N(CCO)C(C(=O)NC(Cc1ccccc1)C(=O)OC(C)(C)C)c1ccccc1. The molecule has 0 saturated carbocycles. The van der Waals surface area contributed by atoms with Gasteiger partial charge < -0.3 is 30.1 Å². The largest absolute Gasteiger partial charge is 0.458 e. The molecule has 3 N–H and O–H groups in total. The van der Waals surface area contributed by atoms with Crippen molar-refractivity contribution in [1.82, 2.24) is 15.5 Å². The van der Waals surface area contributed by atoms with E-state index >= 15 is 0 Å². The fourth-order valence-corrected chi connectivity index (χ4v) is 4.33. The molecule has 11 heteroatoms. The van der Waals surface area contributed by atoms with Crippen molar-refractivity contribution in [3.05, 3.63) is 71.8 Å². The van der Waals surface area contributed by atoms with Crippen LogP contribution in [0, 0.1) is 0 Å². The number of ether oxygens (including phenoxy) is 2. The van der Waals surface area contributed by atoms with E-state index < -0.39 is 59.8 Å². The summed E-state index contributed by atoms with van der Waals surface area (Å²) in [4.78, 5) is 54.7. The molecule has 0 radical (unpaired) electrons. The maximum Gasteiger partial charge on any atom is 0.408 e.